The fourth-order valence-corrected chi connectivity index (χ4v) is 3.21. The van der Waals surface area contributed by atoms with Gasteiger partial charge in [-0.25, -0.2) is 0 Å². The summed E-state index contributed by atoms with van der Waals surface area (Å²) in [5.41, 5.74) is 1.31. The van der Waals surface area contributed by atoms with Crippen molar-refractivity contribution in [3.8, 4) is 11.5 Å². The first-order chi connectivity index (χ1) is 13.9. The molecule has 0 fully saturated rings. The van der Waals surface area contributed by atoms with Gasteiger partial charge >= 0.3 is 0 Å². The van der Waals surface area contributed by atoms with Crippen LogP contribution in [0.1, 0.15) is 66.0 Å². The third-order valence-electron chi connectivity index (χ3n) is 4.24. The molecule has 1 aromatic rings. The number of rotatable bonds is 7. The summed E-state index contributed by atoms with van der Waals surface area (Å²) in [6, 6.07) is 4.04. The van der Waals surface area contributed by atoms with Gasteiger partial charge in [0.2, 0.25) is 0 Å². The number of ether oxygens (including phenoxy) is 2. The van der Waals surface area contributed by atoms with Crippen molar-refractivity contribution < 1.29 is 14.3 Å². The van der Waals surface area contributed by atoms with Gasteiger partial charge in [0.05, 0.1) is 5.92 Å². The Balaban J connectivity index is 2.43. The number of carbonyl (C=O) groups excluding carboxylic acids is 1. The molecule has 30 heavy (non-hydrogen) atoms. The first-order valence-electron chi connectivity index (χ1n) is 10.6. The molecule has 0 spiro atoms. The minimum atomic E-state index is -0.373. The van der Waals surface area contributed by atoms with Crippen molar-refractivity contribution in [2.75, 3.05) is 0 Å². The highest BCUT2D eigenvalue weighted by atomic mass is 32.1. The number of hydrogen-bond acceptors (Lipinski definition) is 4. The Kier molecular flexibility index (Phi) is 7.81. The lowest BCUT2D eigenvalue weighted by atomic mass is 9.97. The fraction of sp³-hybridized carbons (Fsp3) is 0.462. The predicted molar refractivity (Wildman–Crippen MR) is 130 cm³/mol. The maximum Gasteiger partial charge on any atom is 0.166 e. The molecule has 0 saturated heterocycles. The molecule has 1 aliphatic rings. The van der Waals surface area contributed by atoms with E-state index in [-0.39, 0.29) is 22.9 Å². The molecule has 0 bridgehead atoms. The van der Waals surface area contributed by atoms with E-state index in [1.807, 2.05) is 65.8 Å². The number of thiocarbonyl (C=S) groups is 1. The molecule has 2 rings (SSSR count). The van der Waals surface area contributed by atoms with Gasteiger partial charge in [-0.15, -0.1) is 0 Å². The van der Waals surface area contributed by atoms with E-state index in [1.54, 1.807) is 18.2 Å². The van der Waals surface area contributed by atoms with Crippen LogP contribution < -0.4 is 9.47 Å². The van der Waals surface area contributed by atoms with Crippen LogP contribution in [0.5, 0.6) is 11.5 Å². The minimum Gasteiger partial charge on any atom is -0.488 e. The van der Waals surface area contributed by atoms with Gasteiger partial charge in [0, 0.05) is 16.5 Å². The van der Waals surface area contributed by atoms with Crippen LogP contribution in [0.25, 0.3) is 6.08 Å². The normalized spacial score (nSPS) is 15.1. The van der Waals surface area contributed by atoms with Crippen LogP contribution in [-0.4, -0.2) is 21.8 Å². The van der Waals surface area contributed by atoms with Crippen molar-refractivity contribution >= 4 is 28.9 Å². The average Bonchev–Trinajstić information content (AvgIpc) is 2.60. The quantitative estimate of drug-likeness (QED) is 0.359. The topological polar surface area (TPSA) is 35.5 Å². The molecule has 1 aliphatic carbocycles. The maximum atomic E-state index is 12.6. The zero-order valence-corrected chi connectivity index (χ0v) is 20.1. The van der Waals surface area contributed by atoms with Crippen molar-refractivity contribution in [3.05, 3.63) is 53.6 Å². The zero-order chi connectivity index (χ0) is 22.5. The predicted octanol–water partition coefficient (Wildman–Crippen LogP) is 6.69. The lowest BCUT2D eigenvalue weighted by Crippen LogP contribution is -2.25. The summed E-state index contributed by atoms with van der Waals surface area (Å²) in [4.78, 5) is 13.4. The molecular formula is C26H34O3S. The fourth-order valence-electron chi connectivity index (χ4n) is 3.05. The van der Waals surface area contributed by atoms with E-state index >= 15 is 0 Å². The number of aryl methyl sites for hydroxylation is 1. The second-order valence-electron chi connectivity index (χ2n) is 9.56. The molecule has 0 radical (unpaired) electrons. The van der Waals surface area contributed by atoms with E-state index in [1.165, 1.54) is 0 Å². The van der Waals surface area contributed by atoms with Crippen LogP contribution in [0.4, 0.5) is 0 Å². The van der Waals surface area contributed by atoms with Crippen LogP contribution in [0.2, 0.25) is 0 Å². The van der Waals surface area contributed by atoms with Gasteiger partial charge in [0.1, 0.15) is 22.7 Å². The third-order valence-corrected chi connectivity index (χ3v) is 4.51. The molecular weight excluding hydrogens is 392 g/mol. The lowest BCUT2D eigenvalue weighted by molar-refractivity contribution is -0.115. The van der Waals surface area contributed by atoms with Crippen molar-refractivity contribution in [2.24, 2.45) is 5.92 Å². The van der Waals surface area contributed by atoms with E-state index in [0.29, 0.717) is 5.75 Å². The van der Waals surface area contributed by atoms with Gasteiger partial charge in [0.15, 0.2) is 5.78 Å². The second kappa shape index (κ2) is 9.74. The standard InChI is InChI=1S/C26H34O3S/c1-8-9-19-16-20(12-15-22(27)18-10-13-21(30)14-11-18)24(29-26(5,6)7)17-23(19)28-25(2,3)4/h10-18H,8-9H2,1-7H3/b15-12+. The number of benzene rings is 1. The molecule has 0 heterocycles. The van der Waals surface area contributed by atoms with E-state index in [4.69, 9.17) is 21.7 Å². The largest absolute Gasteiger partial charge is 0.488 e. The molecule has 1 aromatic carbocycles. The summed E-state index contributed by atoms with van der Waals surface area (Å²) in [6.45, 7) is 14.3. The van der Waals surface area contributed by atoms with Crippen molar-refractivity contribution in [2.45, 2.75) is 72.5 Å². The molecule has 0 unspecified atom stereocenters. The molecule has 0 aromatic heterocycles. The van der Waals surface area contributed by atoms with Gasteiger partial charge in [-0.05, 0) is 83.9 Å². The van der Waals surface area contributed by atoms with Crippen LogP contribution in [0.15, 0.2) is 42.5 Å². The number of hydrogen-bond donors (Lipinski definition) is 0. The summed E-state index contributed by atoms with van der Waals surface area (Å²) < 4.78 is 12.5. The third kappa shape index (κ3) is 7.56. The van der Waals surface area contributed by atoms with Gasteiger partial charge in [0.25, 0.3) is 0 Å². The summed E-state index contributed by atoms with van der Waals surface area (Å²) >= 11 is 5.11. The molecule has 162 valence electrons. The number of ketones is 1. The lowest BCUT2D eigenvalue weighted by Gasteiger charge is -2.27. The highest BCUT2D eigenvalue weighted by Crippen LogP contribution is 2.35. The Morgan fingerprint density at radius 2 is 1.57 bits per heavy atom. The van der Waals surface area contributed by atoms with E-state index in [2.05, 4.69) is 13.0 Å². The van der Waals surface area contributed by atoms with Crippen LogP contribution in [-0.2, 0) is 11.2 Å². The van der Waals surface area contributed by atoms with Crippen molar-refractivity contribution in [3.63, 3.8) is 0 Å². The summed E-state index contributed by atoms with van der Waals surface area (Å²) in [7, 11) is 0. The maximum absolute atomic E-state index is 12.6. The average molecular weight is 427 g/mol. The van der Waals surface area contributed by atoms with Gasteiger partial charge in [-0.1, -0.05) is 37.7 Å². The Hall–Kier alpha value is -2.20. The van der Waals surface area contributed by atoms with Gasteiger partial charge < -0.3 is 9.47 Å². The molecule has 0 aliphatic heterocycles. The highest BCUT2D eigenvalue weighted by Gasteiger charge is 2.20. The zero-order valence-electron chi connectivity index (χ0n) is 19.2. The van der Waals surface area contributed by atoms with Crippen LogP contribution in [0.3, 0.4) is 0 Å². The summed E-state index contributed by atoms with van der Waals surface area (Å²) in [5.74, 6) is 1.28. The monoisotopic (exact) mass is 426 g/mol. The Morgan fingerprint density at radius 3 is 2.10 bits per heavy atom. The van der Waals surface area contributed by atoms with E-state index in [0.717, 1.165) is 34.6 Å². The molecule has 0 amide bonds. The summed E-state index contributed by atoms with van der Waals surface area (Å²) in [6.07, 6.45) is 12.6. The van der Waals surface area contributed by atoms with Crippen LogP contribution >= 0.6 is 12.2 Å². The van der Waals surface area contributed by atoms with E-state index in [9.17, 15) is 4.79 Å². The molecule has 4 heteroatoms. The van der Waals surface area contributed by atoms with Crippen LogP contribution in [0, 0.1) is 5.92 Å². The molecule has 0 saturated carbocycles. The van der Waals surface area contributed by atoms with Crippen molar-refractivity contribution in [1.82, 2.24) is 0 Å². The first-order valence-corrected chi connectivity index (χ1v) is 11.0. The minimum absolute atomic E-state index is 0.0127. The highest BCUT2D eigenvalue weighted by molar-refractivity contribution is 7.81. The Bertz CT molecular complexity index is 861. The smallest absolute Gasteiger partial charge is 0.166 e. The molecule has 0 atom stereocenters. The van der Waals surface area contributed by atoms with Gasteiger partial charge in [-0.2, -0.15) is 0 Å². The second-order valence-corrected chi connectivity index (χ2v) is 10.0. The SMILES string of the molecule is CCCc1cc(/C=C/C(=O)C2C=CC(=S)C=C2)c(OC(C)(C)C)cc1OC(C)(C)C. The Morgan fingerprint density at radius 1 is 1.00 bits per heavy atom. The van der Waals surface area contributed by atoms with E-state index < -0.39 is 0 Å². The molecule has 0 N–H and O–H groups in total. The van der Waals surface area contributed by atoms with Crippen molar-refractivity contribution in [1.29, 1.82) is 0 Å². The number of allylic oxidation sites excluding steroid dienone is 5. The first kappa shape index (κ1) is 24.1. The Labute approximate surface area is 186 Å². The van der Waals surface area contributed by atoms with Gasteiger partial charge in [-0.3, -0.25) is 4.79 Å². The summed E-state index contributed by atoms with van der Waals surface area (Å²) in [5, 5.41) is 0. The number of carbonyl (C=O) groups is 1. The molecule has 3 nitrogen and oxygen atoms in total.